The number of sulfonamides is 1. The second-order valence-corrected chi connectivity index (χ2v) is 14.8. The van der Waals surface area contributed by atoms with Gasteiger partial charge in [0.2, 0.25) is 10.0 Å². The maximum atomic E-state index is 13.4. The van der Waals surface area contributed by atoms with Crippen molar-refractivity contribution in [1.82, 2.24) is 4.72 Å². The predicted molar refractivity (Wildman–Crippen MR) is 173 cm³/mol. The molecule has 1 spiro atoms. The topological polar surface area (TPSA) is 95.9 Å². The lowest BCUT2D eigenvalue weighted by molar-refractivity contribution is 0.0460. The monoisotopic (exact) mass is 626 g/mol. The second-order valence-electron chi connectivity index (χ2n) is 12.4. The SMILES string of the molecule is C=CCC[C@@H](CC)S(=O)(=O)NC(=O)c1ccc2c(c1)N(C[C@@H]1CC[C@H]1[C@H](O)C=C)C[C@@]1(CCCc3cc(Cl)ccc31)CO2. The highest BCUT2D eigenvalue weighted by Crippen LogP contribution is 2.46. The molecular weight excluding hydrogens is 584 g/mol. The summed E-state index contributed by atoms with van der Waals surface area (Å²) in [5, 5.41) is 10.6. The van der Waals surface area contributed by atoms with Crippen molar-refractivity contribution in [3.8, 4) is 5.75 Å². The zero-order chi connectivity index (χ0) is 30.8. The van der Waals surface area contributed by atoms with Crippen molar-refractivity contribution in [2.24, 2.45) is 11.8 Å². The number of carbonyl (C=O) groups is 1. The van der Waals surface area contributed by atoms with Crippen molar-refractivity contribution in [2.45, 2.75) is 75.1 Å². The second kappa shape index (κ2) is 13.0. The molecule has 2 N–H and O–H groups in total. The minimum atomic E-state index is -3.87. The van der Waals surface area contributed by atoms with Crippen LogP contribution in [0.4, 0.5) is 5.69 Å². The Balaban J connectivity index is 1.48. The number of carbonyl (C=O) groups excluding carboxylic acids is 1. The molecule has 1 amide bonds. The number of ether oxygens (including phenoxy) is 1. The van der Waals surface area contributed by atoms with Gasteiger partial charge in [0.1, 0.15) is 5.75 Å². The first kappa shape index (κ1) is 31.6. The molecule has 2 aromatic carbocycles. The first-order valence-electron chi connectivity index (χ1n) is 15.4. The fourth-order valence-corrected chi connectivity index (χ4v) is 8.76. The number of allylic oxidation sites excluding steroid dienone is 1. The summed E-state index contributed by atoms with van der Waals surface area (Å²) in [6, 6.07) is 11.3. The smallest absolute Gasteiger partial charge is 0.264 e. The van der Waals surface area contributed by atoms with E-state index in [1.54, 1.807) is 37.3 Å². The number of anilines is 1. The van der Waals surface area contributed by atoms with E-state index in [1.165, 1.54) is 11.1 Å². The fourth-order valence-electron chi connectivity index (χ4n) is 7.14. The molecule has 0 unspecified atom stereocenters. The molecule has 0 radical (unpaired) electrons. The van der Waals surface area contributed by atoms with Crippen LogP contribution < -0.4 is 14.4 Å². The Bertz CT molecular complexity index is 1480. The number of hydrogen-bond acceptors (Lipinski definition) is 6. The summed E-state index contributed by atoms with van der Waals surface area (Å²) in [6.45, 7) is 11.1. The van der Waals surface area contributed by atoms with Gasteiger partial charge < -0.3 is 14.7 Å². The molecule has 0 bridgehead atoms. The number of aliphatic hydroxyl groups is 1. The highest BCUT2D eigenvalue weighted by molar-refractivity contribution is 7.90. The molecule has 1 saturated carbocycles. The number of halogens is 1. The summed E-state index contributed by atoms with van der Waals surface area (Å²) >= 11 is 6.38. The number of nitrogens with zero attached hydrogens (tertiary/aromatic N) is 1. The molecule has 2 aliphatic carbocycles. The molecule has 1 fully saturated rings. The van der Waals surface area contributed by atoms with E-state index in [1.807, 2.05) is 6.07 Å². The zero-order valence-corrected chi connectivity index (χ0v) is 26.5. The zero-order valence-electron chi connectivity index (χ0n) is 24.9. The van der Waals surface area contributed by atoms with Crippen molar-refractivity contribution in [3.05, 3.63) is 83.4 Å². The van der Waals surface area contributed by atoms with E-state index in [9.17, 15) is 18.3 Å². The fraction of sp³-hybridized carbons (Fsp3) is 0.500. The predicted octanol–water partition coefficient (Wildman–Crippen LogP) is 6.19. The van der Waals surface area contributed by atoms with Crippen molar-refractivity contribution in [1.29, 1.82) is 0 Å². The van der Waals surface area contributed by atoms with Gasteiger partial charge in [-0.3, -0.25) is 4.79 Å². The maximum Gasteiger partial charge on any atom is 0.264 e. The number of hydrogen-bond donors (Lipinski definition) is 2. The number of aryl methyl sites for hydroxylation is 1. The lowest BCUT2D eigenvalue weighted by Crippen LogP contribution is -2.49. The van der Waals surface area contributed by atoms with Crippen LogP contribution in [0.2, 0.25) is 5.02 Å². The van der Waals surface area contributed by atoms with E-state index in [-0.39, 0.29) is 22.8 Å². The average Bonchev–Trinajstić information content (AvgIpc) is 3.12. The van der Waals surface area contributed by atoms with E-state index in [4.69, 9.17) is 16.3 Å². The summed E-state index contributed by atoms with van der Waals surface area (Å²) in [5.41, 5.74) is 3.23. The molecule has 232 valence electrons. The van der Waals surface area contributed by atoms with Gasteiger partial charge in [-0.15, -0.1) is 13.2 Å². The first-order valence-corrected chi connectivity index (χ1v) is 17.3. The normalized spacial score (nSPS) is 24.4. The van der Waals surface area contributed by atoms with Gasteiger partial charge >= 0.3 is 0 Å². The molecule has 1 heterocycles. The minimum absolute atomic E-state index is 0.122. The molecule has 43 heavy (non-hydrogen) atoms. The van der Waals surface area contributed by atoms with E-state index >= 15 is 0 Å². The van der Waals surface area contributed by atoms with Crippen LogP contribution in [0.15, 0.2) is 61.7 Å². The number of nitrogens with one attached hydrogen (secondary N) is 1. The molecule has 0 aromatic heterocycles. The number of amides is 1. The van der Waals surface area contributed by atoms with E-state index < -0.39 is 27.3 Å². The molecule has 1 aliphatic heterocycles. The van der Waals surface area contributed by atoms with Gasteiger partial charge in [0.25, 0.3) is 5.91 Å². The third kappa shape index (κ3) is 6.52. The average molecular weight is 627 g/mol. The molecule has 2 aromatic rings. The Morgan fingerprint density at radius 3 is 2.77 bits per heavy atom. The van der Waals surface area contributed by atoms with Gasteiger partial charge in [0, 0.05) is 29.1 Å². The Labute approximate surface area is 261 Å². The van der Waals surface area contributed by atoms with Crippen LogP contribution in [0, 0.1) is 11.8 Å². The van der Waals surface area contributed by atoms with Crippen LogP contribution >= 0.6 is 11.6 Å². The summed E-state index contributed by atoms with van der Waals surface area (Å²) in [7, 11) is -3.87. The molecule has 0 saturated heterocycles. The summed E-state index contributed by atoms with van der Waals surface area (Å²) < 4.78 is 35.0. The van der Waals surface area contributed by atoms with Crippen LogP contribution in [0.1, 0.15) is 73.4 Å². The lowest BCUT2D eigenvalue weighted by Gasteiger charge is -2.45. The number of benzene rings is 2. The summed E-state index contributed by atoms with van der Waals surface area (Å²) in [4.78, 5) is 15.7. The van der Waals surface area contributed by atoms with E-state index in [2.05, 4.69) is 34.9 Å². The third-order valence-electron chi connectivity index (χ3n) is 9.73. The van der Waals surface area contributed by atoms with Crippen molar-refractivity contribution >= 4 is 33.2 Å². The molecule has 5 atom stereocenters. The molecule has 7 nitrogen and oxygen atoms in total. The Kier molecular flexibility index (Phi) is 9.59. The standard InChI is InChI=1S/C34H43ClN2O5S/c1-4-7-10-27(5-2)43(40,41)36-33(39)24-12-16-32-30(19-24)37(20-25-11-14-28(25)31(38)6-3)21-34(22-42-32)17-8-9-23-18-26(35)13-15-29(23)34/h4,6,12-13,15-16,18-19,25,27-28,31,38H,1,3,5,7-11,14,17,20-22H2,2H3,(H,36,39)/t25-,27+,28+,31+,34-/m0/s1. The summed E-state index contributed by atoms with van der Waals surface area (Å²) in [5.74, 6) is 0.379. The van der Waals surface area contributed by atoms with Gasteiger partial charge in [0.15, 0.2) is 0 Å². The Hall–Kier alpha value is -2.81. The van der Waals surface area contributed by atoms with Crippen molar-refractivity contribution in [2.75, 3.05) is 24.6 Å². The van der Waals surface area contributed by atoms with Crippen molar-refractivity contribution < 1.29 is 23.1 Å². The minimum Gasteiger partial charge on any atom is -0.490 e. The maximum absolute atomic E-state index is 13.4. The summed E-state index contributed by atoms with van der Waals surface area (Å²) in [6.07, 6.45) is 8.94. The number of fused-ring (bicyclic) bond motifs is 3. The van der Waals surface area contributed by atoms with Gasteiger partial charge in [-0.05, 0) is 105 Å². The van der Waals surface area contributed by atoms with Crippen LogP contribution in [0.3, 0.4) is 0 Å². The Morgan fingerprint density at radius 1 is 1.26 bits per heavy atom. The van der Waals surface area contributed by atoms with Crippen molar-refractivity contribution in [3.63, 3.8) is 0 Å². The van der Waals surface area contributed by atoms with Gasteiger partial charge in [-0.25, -0.2) is 13.1 Å². The van der Waals surface area contributed by atoms with Crippen LogP contribution in [-0.4, -0.2) is 50.5 Å². The van der Waals surface area contributed by atoms with Crippen LogP contribution in [-0.2, 0) is 21.9 Å². The highest BCUT2D eigenvalue weighted by atomic mass is 35.5. The largest absolute Gasteiger partial charge is 0.490 e. The van der Waals surface area contributed by atoms with E-state index in [0.717, 1.165) is 42.8 Å². The molecular formula is C34H43ClN2O5S. The molecule has 3 aliphatic rings. The molecule has 5 rings (SSSR count). The third-order valence-corrected chi connectivity index (χ3v) is 11.9. The highest BCUT2D eigenvalue weighted by Gasteiger charge is 2.44. The van der Waals surface area contributed by atoms with Gasteiger partial charge in [-0.1, -0.05) is 36.7 Å². The first-order chi connectivity index (χ1) is 20.6. The van der Waals surface area contributed by atoms with E-state index in [0.29, 0.717) is 44.7 Å². The van der Waals surface area contributed by atoms with Gasteiger partial charge in [0.05, 0.1) is 23.6 Å². The van der Waals surface area contributed by atoms with Gasteiger partial charge in [-0.2, -0.15) is 0 Å². The number of aliphatic hydroxyl groups excluding tert-OH is 1. The number of rotatable bonds is 11. The molecule has 9 heteroatoms. The Morgan fingerprint density at radius 2 is 2.07 bits per heavy atom. The van der Waals surface area contributed by atoms with Crippen LogP contribution in [0.25, 0.3) is 0 Å². The van der Waals surface area contributed by atoms with Crippen LogP contribution in [0.5, 0.6) is 5.75 Å². The lowest BCUT2D eigenvalue weighted by atomic mass is 9.68. The quantitative estimate of drug-likeness (QED) is 0.289.